The van der Waals surface area contributed by atoms with Gasteiger partial charge in [-0.1, -0.05) is 0 Å². The normalized spacial score (nSPS) is 16.4. The molecule has 0 fully saturated rings. The number of rotatable bonds is 3. The quantitative estimate of drug-likeness (QED) is 0.907. The zero-order chi connectivity index (χ0) is 18.4. The maximum atomic E-state index is 13.6. The zero-order valence-electron chi connectivity index (χ0n) is 13.7. The van der Waals surface area contributed by atoms with E-state index in [1.807, 2.05) is 6.07 Å². The van der Waals surface area contributed by atoms with Crippen LogP contribution in [-0.2, 0) is 16.3 Å². The molecule has 1 unspecified atom stereocenters. The number of hydrogen-bond donors (Lipinski definition) is 1. The van der Waals surface area contributed by atoms with Crippen LogP contribution in [0.15, 0.2) is 29.2 Å². The second kappa shape index (κ2) is 6.14. The summed E-state index contributed by atoms with van der Waals surface area (Å²) in [5, 5.41) is 19.2. The number of fused-ring (bicyclic) bond motifs is 1. The fraction of sp³-hybridized carbons (Fsp3) is 0.278. The summed E-state index contributed by atoms with van der Waals surface area (Å²) in [4.78, 5) is 0.122. The van der Waals surface area contributed by atoms with E-state index in [0.29, 0.717) is 35.3 Å². The van der Waals surface area contributed by atoms with Crippen molar-refractivity contribution in [1.29, 1.82) is 5.26 Å². The SMILES string of the molecule is Cc1cc(Oc2cc(F)cc(C#N)c2)c2c(c1S(C)(=O)=O)C(O)CC2. The summed E-state index contributed by atoms with van der Waals surface area (Å²) < 4.78 is 43.6. The van der Waals surface area contributed by atoms with Crippen LogP contribution < -0.4 is 4.74 Å². The highest BCUT2D eigenvalue weighted by Crippen LogP contribution is 2.44. The van der Waals surface area contributed by atoms with Crippen LogP contribution in [0.5, 0.6) is 11.5 Å². The molecule has 2 aromatic carbocycles. The minimum atomic E-state index is -3.52. The van der Waals surface area contributed by atoms with Crippen molar-refractivity contribution in [3.05, 3.63) is 52.3 Å². The Hall–Kier alpha value is -2.43. The fourth-order valence-corrected chi connectivity index (χ4v) is 4.57. The van der Waals surface area contributed by atoms with Gasteiger partial charge in [-0.05, 0) is 43.5 Å². The molecule has 1 aliphatic carbocycles. The van der Waals surface area contributed by atoms with Crippen LogP contribution >= 0.6 is 0 Å². The van der Waals surface area contributed by atoms with Crippen LogP contribution in [0.25, 0.3) is 0 Å². The van der Waals surface area contributed by atoms with E-state index in [2.05, 4.69) is 0 Å². The maximum absolute atomic E-state index is 13.6. The number of nitriles is 1. The van der Waals surface area contributed by atoms with Gasteiger partial charge in [0, 0.05) is 23.4 Å². The molecule has 0 heterocycles. The standard InChI is InChI=1S/C18H16FNO4S/c1-10-5-16(24-13-7-11(9-20)6-12(19)8-13)14-3-4-15(21)17(14)18(10)25(2,22)23/h5-8,15,21H,3-4H2,1-2H3. The molecule has 7 heteroatoms. The van der Waals surface area contributed by atoms with Crippen molar-refractivity contribution >= 4 is 9.84 Å². The zero-order valence-corrected chi connectivity index (χ0v) is 14.5. The Bertz CT molecular complexity index is 1010. The molecule has 1 N–H and O–H groups in total. The smallest absolute Gasteiger partial charge is 0.176 e. The van der Waals surface area contributed by atoms with Crippen LogP contribution in [0.2, 0.25) is 0 Å². The monoisotopic (exact) mass is 361 g/mol. The summed E-state index contributed by atoms with van der Waals surface area (Å²) in [6, 6.07) is 7.08. The van der Waals surface area contributed by atoms with E-state index in [1.54, 1.807) is 13.0 Å². The number of aliphatic hydroxyl groups excluding tert-OH is 1. The highest BCUT2D eigenvalue weighted by molar-refractivity contribution is 7.90. The van der Waals surface area contributed by atoms with E-state index >= 15 is 0 Å². The Labute approximate surface area is 145 Å². The molecule has 25 heavy (non-hydrogen) atoms. The minimum Gasteiger partial charge on any atom is -0.457 e. The molecule has 5 nitrogen and oxygen atoms in total. The first-order valence-corrected chi connectivity index (χ1v) is 9.53. The third-order valence-corrected chi connectivity index (χ3v) is 5.46. The number of nitrogens with zero attached hydrogens (tertiary/aromatic N) is 1. The first-order chi connectivity index (χ1) is 11.7. The lowest BCUT2D eigenvalue weighted by Crippen LogP contribution is -2.08. The van der Waals surface area contributed by atoms with Gasteiger partial charge in [0.15, 0.2) is 9.84 Å². The predicted molar refractivity (Wildman–Crippen MR) is 88.8 cm³/mol. The molecule has 0 radical (unpaired) electrons. The van der Waals surface area contributed by atoms with Crippen LogP contribution in [0.1, 0.15) is 34.8 Å². The number of benzene rings is 2. The Morgan fingerprint density at radius 3 is 2.68 bits per heavy atom. The molecule has 1 atom stereocenters. The van der Waals surface area contributed by atoms with E-state index < -0.39 is 21.8 Å². The highest BCUT2D eigenvalue weighted by Gasteiger charge is 2.32. The Balaban J connectivity index is 2.16. The molecule has 0 saturated heterocycles. The number of halogens is 1. The van der Waals surface area contributed by atoms with Crippen molar-refractivity contribution in [2.24, 2.45) is 0 Å². The number of aliphatic hydroxyl groups is 1. The lowest BCUT2D eigenvalue weighted by Gasteiger charge is -2.17. The van der Waals surface area contributed by atoms with Crippen molar-refractivity contribution in [3.8, 4) is 17.6 Å². The average molecular weight is 361 g/mol. The summed E-state index contributed by atoms with van der Waals surface area (Å²) in [6.45, 7) is 1.63. The minimum absolute atomic E-state index is 0.121. The van der Waals surface area contributed by atoms with Gasteiger partial charge in [0.25, 0.3) is 0 Å². The lowest BCUT2D eigenvalue weighted by molar-refractivity contribution is 0.177. The second-order valence-electron chi connectivity index (χ2n) is 6.13. The Morgan fingerprint density at radius 1 is 1.32 bits per heavy atom. The van der Waals surface area contributed by atoms with E-state index in [0.717, 1.165) is 18.4 Å². The summed E-state index contributed by atoms with van der Waals surface area (Å²) in [5.41, 5.74) is 1.53. The van der Waals surface area contributed by atoms with Gasteiger partial charge in [0.1, 0.15) is 17.3 Å². The van der Waals surface area contributed by atoms with Gasteiger partial charge in [-0.25, -0.2) is 12.8 Å². The third kappa shape index (κ3) is 3.23. The van der Waals surface area contributed by atoms with E-state index in [1.165, 1.54) is 6.07 Å². The lowest BCUT2D eigenvalue weighted by atomic mass is 10.0. The number of ether oxygens (including phenoxy) is 1. The van der Waals surface area contributed by atoms with Gasteiger partial charge >= 0.3 is 0 Å². The topological polar surface area (TPSA) is 87.4 Å². The van der Waals surface area contributed by atoms with Gasteiger partial charge in [-0.2, -0.15) is 5.26 Å². The Kier molecular flexibility index (Phi) is 4.27. The summed E-state index contributed by atoms with van der Waals surface area (Å²) in [5.74, 6) is -0.0900. The third-order valence-electron chi connectivity index (χ3n) is 4.17. The Morgan fingerprint density at radius 2 is 2.04 bits per heavy atom. The van der Waals surface area contributed by atoms with Crippen LogP contribution in [0, 0.1) is 24.1 Å². The van der Waals surface area contributed by atoms with Crippen molar-refractivity contribution < 1.29 is 22.7 Å². The number of hydrogen-bond acceptors (Lipinski definition) is 5. The first-order valence-electron chi connectivity index (χ1n) is 7.63. The molecule has 0 aliphatic heterocycles. The molecule has 0 saturated carbocycles. The molecule has 0 bridgehead atoms. The van der Waals surface area contributed by atoms with Crippen molar-refractivity contribution in [2.75, 3.05) is 6.26 Å². The molecule has 1 aliphatic rings. The van der Waals surface area contributed by atoms with E-state index in [4.69, 9.17) is 10.00 Å². The molecule has 2 aromatic rings. The summed E-state index contributed by atoms with van der Waals surface area (Å²) in [6.07, 6.45) is 1.07. The highest BCUT2D eigenvalue weighted by atomic mass is 32.2. The molecular formula is C18H16FNO4S. The van der Waals surface area contributed by atoms with Gasteiger partial charge < -0.3 is 9.84 Å². The molecular weight excluding hydrogens is 345 g/mol. The van der Waals surface area contributed by atoms with Crippen molar-refractivity contribution in [2.45, 2.75) is 30.8 Å². The van der Waals surface area contributed by atoms with Gasteiger partial charge in [0.05, 0.1) is 22.6 Å². The molecule has 130 valence electrons. The largest absolute Gasteiger partial charge is 0.457 e. The maximum Gasteiger partial charge on any atom is 0.176 e. The molecule has 0 aromatic heterocycles. The van der Waals surface area contributed by atoms with Crippen molar-refractivity contribution in [1.82, 2.24) is 0 Å². The van der Waals surface area contributed by atoms with Gasteiger partial charge in [-0.15, -0.1) is 0 Å². The molecule has 0 amide bonds. The van der Waals surface area contributed by atoms with Crippen molar-refractivity contribution in [3.63, 3.8) is 0 Å². The second-order valence-corrected chi connectivity index (χ2v) is 8.08. The summed E-state index contributed by atoms with van der Waals surface area (Å²) >= 11 is 0. The van der Waals surface area contributed by atoms with Gasteiger partial charge in [0.2, 0.25) is 0 Å². The number of sulfone groups is 1. The van der Waals surface area contributed by atoms with E-state index in [9.17, 15) is 17.9 Å². The van der Waals surface area contributed by atoms with E-state index in [-0.39, 0.29) is 16.2 Å². The van der Waals surface area contributed by atoms with Crippen LogP contribution in [-0.4, -0.2) is 19.8 Å². The van der Waals surface area contributed by atoms with Crippen LogP contribution in [0.4, 0.5) is 4.39 Å². The average Bonchev–Trinajstić information content (AvgIpc) is 2.87. The molecule has 3 rings (SSSR count). The predicted octanol–water partition coefficient (Wildman–Crippen LogP) is 3.18. The summed E-state index contributed by atoms with van der Waals surface area (Å²) in [7, 11) is -3.52. The van der Waals surface area contributed by atoms with Crippen LogP contribution in [0.3, 0.4) is 0 Å². The van der Waals surface area contributed by atoms with Gasteiger partial charge in [-0.3, -0.25) is 0 Å². The number of aryl methyl sites for hydroxylation is 1. The fourth-order valence-electron chi connectivity index (χ4n) is 3.26. The molecule has 0 spiro atoms. The first kappa shape index (κ1) is 17.4.